The van der Waals surface area contributed by atoms with Gasteiger partial charge in [0.2, 0.25) is 11.8 Å². The van der Waals surface area contributed by atoms with Gasteiger partial charge >= 0.3 is 0 Å². The van der Waals surface area contributed by atoms with E-state index in [0.29, 0.717) is 18.7 Å². The molecule has 1 unspecified atom stereocenters. The summed E-state index contributed by atoms with van der Waals surface area (Å²) in [5, 5.41) is 2.96. The van der Waals surface area contributed by atoms with Crippen LogP contribution >= 0.6 is 0 Å². The molecule has 2 amide bonds. The van der Waals surface area contributed by atoms with Crippen molar-refractivity contribution < 1.29 is 18.0 Å². The molecule has 3 rings (SSSR count). The lowest BCUT2D eigenvalue weighted by molar-refractivity contribution is -0.140. The fourth-order valence-corrected chi connectivity index (χ4v) is 5.99. The van der Waals surface area contributed by atoms with E-state index in [4.69, 9.17) is 0 Å². The van der Waals surface area contributed by atoms with E-state index < -0.39 is 28.5 Å². The van der Waals surface area contributed by atoms with E-state index in [1.165, 1.54) is 17.0 Å². The number of rotatable bonds is 13. The van der Waals surface area contributed by atoms with Crippen molar-refractivity contribution in [2.24, 2.45) is 0 Å². The highest BCUT2D eigenvalue weighted by atomic mass is 32.2. The molecule has 3 aromatic carbocycles. The lowest BCUT2D eigenvalue weighted by atomic mass is 10.1. The van der Waals surface area contributed by atoms with Crippen LogP contribution in [0.25, 0.3) is 0 Å². The number of hydrogen-bond acceptors (Lipinski definition) is 4. The van der Waals surface area contributed by atoms with E-state index in [1.54, 1.807) is 30.3 Å². The number of amides is 2. The summed E-state index contributed by atoms with van der Waals surface area (Å²) in [5.74, 6) is -0.683. The first-order valence-electron chi connectivity index (χ1n) is 13.9. The SMILES string of the molecule is CCCCNC(=O)C(CC)N(Cc1cccc(C)c1)C(=O)CN(c1ccc(C)c(C)c1)S(=O)(=O)c1ccccc1. The monoisotopic (exact) mass is 563 g/mol. The summed E-state index contributed by atoms with van der Waals surface area (Å²) in [6, 6.07) is 20.5. The summed E-state index contributed by atoms with van der Waals surface area (Å²) < 4.78 is 29.0. The molecule has 3 aromatic rings. The van der Waals surface area contributed by atoms with Gasteiger partial charge in [0.05, 0.1) is 10.6 Å². The largest absolute Gasteiger partial charge is 0.354 e. The predicted octanol–water partition coefficient (Wildman–Crippen LogP) is 5.53. The first-order valence-corrected chi connectivity index (χ1v) is 15.3. The molecule has 0 bridgehead atoms. The number of benzene rings is 3. The van der Waals surface area contributed by atoms with Crippen LogP contribution in [-0.4, -0.2) is 44.3 Å². The second-order valence-corrected chi connectivity index (χ2v) is 12.0. The number of carbonyl (C=O) groups excluding carboxylic acids is 2. The number of anilines is 1. The van der Waals surface area contributed by atoms with Crippen molar-refractivity contribution in [3.05, 3.63) is 95.1 Å². The molecular formula is C32H41N3O4S. The number of carbonyl (C=O) groups is 2. The van der Waals surface area contributed by atoms with Crippen LogP contribution in [0.4, 0.5) is 5.69 Å². The highest BCUT2D eigenvalue weighted by Gasteiger charge is 2.33. The Morgan fingerprint density at radius 2 is 1.60 bits per heavy atom. The van der Waals surface area contributed by atoms with Crippen LogP contribution < -0.4 is 9.62 Å². The van der Waals surface area contributed by atoms with E-state index in [1.807, 2.05) is 65.0 Å². The number of aryl methyl sites for hydroxylation is 3. The highest BCUT2D eigenvalue weighted by Crippen LogP contribution is 2.26. The average Bonchev–Trinajstić information content (AvgIpc) is 2.93. The maximum atomic E-state index is 14.1. The Balaban J connectivity index is 2.05. The highest BCUT2D eigenvalue weighted by molar-refractivity contribution is 7.92. The summed E-state index contributed by atoms with van der Waals surface area (Å²) in [6.07, 6.45) is 2.17. The van der Waals surface area contributed by atoms with Crippen molar-refractivity contribution in [2.45, 2.75) is 71.4 Å². The van der Waals surface area contributed by atoms with Gasteiger partial charge in [0.25, 0.3) is 10.0 Å². The third kappa shape index (κ3) is 7.72. The normalized spacial score (nSPS) is 12.0. The Morgan fingerprint density at radius 3 is 2.23 bits per heavy atom. The standard InChI is InChI=1S/C32H41N3O4S/c1-6-8-19-33-32(37)30(7-2)34(22-27-14-12-13-24(3)20-27)31(36)23-35(28-18-17-25(4)26(5)21-28)40(38,39)29-15-10-9-11-16-29/h9-18,20-21,30H,6-8,19,22-23H2,1-5H3,(H,33,37). The van der Waals surface area contributed by atoms with Crippen LogP contribution in [0.15, 0.2) is 77.7 Å². The topological polar surface area (TPSA) is 86.8 Å². The fraction of sp³-hybridized carbons (Fsp3) is 0.375. The van der Waals surface area contributed by atoms with Crippen LogP contribution in [0.2, 0.25) is 0 Å². The molecule has 214 valence electrons. The maximum absolute atomic E-state index is 14.1. The number of nitrogens with zero attached hydrogens (tertiary/aromatic N) is 2. The third-order valence-corrected chi connectivity index (χ3v) is 8.83. The molecule has 0 aromatic heterocycles. The molecule has 0 heterocycles. The van der Waals surface area contributed by atoms with Crippen molar-refractivity contribution in [1.82, 2.24) is 10.2 Å². The summed E-state index contributed by atoms with van der Waals surface area (Å²) in [7, 11) is -4.08. The quantitative estimate of drug-likeness (QED) is 0.277. The molecule has 0 aliphatic carbocycles. The van der Waals surface area contributed by atoms with Gasteiger partial charge in [0, 0.05) is 13.1 Å². The van der Waals surface area contributed by atoms with Gasteiger partial charge in [-0.3, -0.25) is 13.9 Å². The van der Waals surface area contributed by atoms with Gasteiger partial charge in [-0.25, -0.2) is 8.42 Å². The molecule has 0 radical (unpaired) electrons. The van der Waals surface area contributed by atoms with Crippen molar-refractivity contribution in [3.8, 4) is 0 Å². The van der Waals surface area contributed by atoms with Gasteiger partial charge in [-0.1, -0.05) is 74.4 Å². The molecular weight excluding hydrogens is 522 g/mol. The van der Waals surface area contributed by atoms with Gasteiger partial charge in [-0.05, 0) is 74.6 Å². The zero-order valence-electron chi connectivity index (χ0n) is 24.2. The molecule has 0 saturated heterocycles. The van der Waals surface area contributed by atoms with Crippen molar-refractivity contribution in [1.29, 1.82) is 0 Å². The van der Waals surface area contributed by atoms with Gasteiger partial charge in [-0.2, -0.15) is 0 Å². The summed E-state index contributed by atoms with van der Waals surface area (Å²) in [4.78, 5) is 29.0. The molecule has 0 spiro atoms. The minimum absolute atomic E-state index is 0.0932. The zero-order valence-corrected chi connectivity index (χ0v) is 25.0. The average molecular weight is 564 g/mol. The van der Waals surface area contributed by atoms with Crippen molar-refractivity contribution in [2.75, 3.05) is 17.4 Å². The Morgan fingerprint density at radius 1 is 0.875 bits per heavy atom. The Hall–Kier alpha value is -3.65. The maximum Gasteiger partial charge on any atom is 0.264 e. The van der Waals surface area contributed by atoms with Gasteiger partial charge in [0.15, 0.2) is 0 Å². The van der Waals surface area contributed by atoms with Gasteiger partial charge in [0.1, 0.15) is 12.6 Å². The van der Waals surface area contributed by atoms with Gasteiger partial charge < -0.3 is 10.2 Å². The predicted molar refractivity (Wildman–Crippen MR) is 161 cm³/mol. The zero-order chi connectivity index (χ0) is 29.3. The van der Waals surface area contributed by atoms with Crippen LogP contribution in [0.1, 0.15) is 55.4 Å². The molecule has 0 saturated carbocycles. The minimum Gasteiger partial charge on any atom is -0.354 e. The summed E-state index contributed by atoms with van der Waals surface area (Å²) in [6.45, 7) is 10.0. The molecule has 0 fully saturated rings. The van der Waals surface area contributed by atoms with Crippen LogP contribution in [0, 0.1) is 20.8 Å². The van der Waals surface area contributed by atoms with Gasteiger partial charge in [-0.15, -0.1) is 0 Å². The van der Waals surface area contributed by atoms with E-state index in [-0.39, 0.29) is 17.3 Å². The number of unbranched alkanes of at least 4 members (excludes halogenated alkanes) is 1. The van der Waals surface area contributed by atoms with Crippen molar-refractivity contribution >= 4 is 27.5 Å². The lowest BCUT2D eigenvalue weighted by Gasteiger charge is -2.33. The molecule has 1 N–H and O–H groups in total. The van der Waals surface area contributed by atoms with Crippen LogP contribution in [0.5, 0.6) is 0 Å². The molecule has 7 nitrogen and oxygen atoms in total. The Kier molecular flexibility index (Phi) is 10.9. The molecule has 8 heteroatoms. The van der Waals surface area contributed by atoms with E-state index in [2.05, 4.69) is 5.32 Å². The number of nitrogens with one attached hydrogen (secondary N) is 1. The fourth-order valence-electron chi connectivity index (χ4n) is 4.56. The van der Waals surface area contributed by atoms with E-state index in [0.717, 1.165) is 39.4 Å². The molecule has 40 heavy (non-hydrogen) atoms. The van der Waals surface area contributed by atoms with E-state index >= 15 is 0 Å². The third-order valence-electron chi connectivity index (χ3n) is 7.04. The summed E-state index contributed by atoms with van der Waals surface area (Å²) in [5.41, 5.74) is 4.24. The second-order valence-electron chi connectivity index (χ2n) is 10.2. The Bertz CT molecular complexity index is 1410. The smallest absolute Gasteiger partial charge is 0.264 e. The molecule has 0 aliphatic heterocycles. The number of sulfonamides is 1. The van der Waals surface area contributed by atoms with Crippen LogP contribution in [-0.2, 0) is 26.2 Å². The lowest BCUT2D eigenvalue weighted by Crippen LogP contribution is -2.52. The first kappa shape index (κ1) is 30.9. The minimum atomic E-state index is -4.08. The number of hydrogen-bond donors (Lipinski definition) is 1. The Labute approximate surface area is 239 Å². The first-order chi connectivity index (χ1) is 19.1. The summed E-state index contributed by atoms with van der Waals surface area (Å²) >= 11 is 0. The molecule has 0 aliphatic rings. The van der Waals surface area contributed by atoms with E-state index in [9.17, 15) is 18.0 Å². The van der Waals surface area contributed by atoms with Crippen LogP contribution in [0.3, 0.4) is 0 Å². The second kappa shape index (κ2) is 14.1. The molecule has 1 atom stereocenters. The van der Waals surface area contributed by atoms with Crippen molar-refractivity contribution in [3.63, 3.8) is 0 Å².